The highest BCUT2D eigenvalue weighted by Gasteiger charge is 2.39. The molecule has 4 rings (SSSR count). The molecule has 0 radical (unpaired) electrons. The van der Waals surface area contributed by atoms with Crippen LogP contribution in [0.1, 0.15) is 36.8 Å². The Morgan fingerprint density at radius 3 is 2.34 bits per heavy atom. The fourth-order valence-electron chi connectivity index (χ4n) is 6.21. The van der Waals surface area contributed by atoms with E-state index < -0.39 is 65.8 Å². The van der Waals surface area contributed by atoms with E-state index in [1.54, 1.807) is 42.5 Å². The lowest BCUT2D eigenvalue weighted by Crippen LogP contribution is -2.59. The molecule has 0 saturated carbocycles. The van der Waals surface area contributed by atoms with Gasteiger partial charge in [-0.3, -0.25) is 33.8 Å². The minimum atomic E-state index is -1.84. The summed E-state index contributed by atoms with van der Waals surface area (Å²) in [6.45, 7) is 0.0228. The molecule has 2 aromatic carbocycles. The molecule has 0 spiro atoms. The van der Waals surface area contributed by atoms with Crippen LogP contribution in [0.25, 0.3) is 0 Å². The van der Waals surface area contributed by atoms with Gasteiger partial charge in [0.25, 0.3) is 5.91 Å². The van der Waals surface area contributed by atoms with E-state index in [4.69, 9.17) is 11.5 Å². The summed E-state index contributed by atoms with van der Waals surface area (Å²) in [6.07, 6.45) is 2.35. The molecule has 2 aliphatic rings. The number of aliphatic hydroxyl groups excluding tert-OH is 1. The van der Waals surface area contributed by atoms with Crippen LogP contribution >= 0.6 is 0 Å². The molecule has 1 fully saturated rings. The second-order valence-corrected chi connectivity index (χ2v) is 12.9. The van der Waals surface area contributed by atoms with Gasteiger partial charge in [0, 0.05) is 32.1 Å². The Morgan fingerprint density at radius 2 is 1.64 bits per heavy atom. The third-order valence-electron chi connectivity index (χ3n) is 8.95. The van der Waals surface area contributed by atoms with E-state index in [1.807, 2.05) is 0 Å². The maximum absolute atomic E-state index is 14.0. The number of carbonyl (C=O) groups is 6. The first kappa shape index (κ1) is 39.8. The number of phenols is 1. The molecule has 6 atom stereocenters. The molecule has 5 unspecified atom stereocenters. The maximum atomic E-state index is 14.0. The second kappa shape index (κ2) is 19.6. The zero-order chi connectivity index (χ0) is 38.3. The predicted molar refractivity (Wildman–Crippen MR) is 194 cm³/mol. The lowest BCUT2D eigenvalue weighted by atomic mass is 10.0. The third kappa shape index (κ3) is 12.1. The van der Waals surface area contributed by atoms with Gasteiger partial charge in [-0.1, -0.05) is 48.5 Å². The van der Waals surface area contributed by atoms with Crippen LogP contribution in [-0.2, 0) is 41.6 Å². The molecular formula is C36H47N9O8. The average Bonchev–Trinajstić information content (AvgIpc) is 3.64. The number of amides is 6. The van der Waals surface area contributed by atoms with E-state index >= 15 is 0 Å². The van der Waals surface area contributed by atoms with Gasteiger partial charge >= 0.3 is 0 Å². The van der Waals surface area contributed by atoms with Crippen LogP contribution in [0.4, 0.5) is 0 Å². The molecule has 0 bridgehead atoms. The van der Waals surface area contributed by atoms with Crippen molar-refractivity contribution in [2.45, 2.75) is 74.8 Å². The SMILES string of the molecule is NC(N)=NCCCC1NC(=O)C2CCCN2C(=O)[C@@H](NC=O)CNC(=O)/C=C/C(Cc2ccc(O)cc2)NC(=O)C(Cc2ccccc2)NC(=O)C1O. The number of carbonyl (C=O) groups excluding carboxylic acids is 6. The molecule has 17 heteroatoms. The number of nitrogens with two attached hydrogens (primary N) is 2. The summed E-state index contributed by atoms with van der Waals surface area (Å²) >= 11 is 0. The number of nitrogens with one attached hydrogen (secondary N) is 5. The monoisotopic (exact) mass is 733 g/mol. The van der Waals surface area contributed by atoms with Gasteiger partial charge < -0.3 is 53.2 Å². The fourth-order valence-corrected chi connectivity index (χ4v) is 6.21. The molecule has 2 heterocycles. The number of guanidine groups is 1. The summed E-state index contributed by atoms with van der Waals surface area (Å²) in [6, 6.07) is 9.76. The van der Waals surface area contributed by atoms with Crippen LogP contribution in [0.2, 0.25) is 0 Å². The van der Waals surface area contributed by atoms with Crippen LogP contribution in [0, 0.1) is 0 Å². The number of fused-ring (bicyclic) bond motifs is 1. The smallest absolute Gasteiger partial charge is 0.251 e. The standard InChI is InChI=1S/C36H47N9O8/c37-36(38)39-16-4-8-26-31(49)34(52)44-27(19-22-6-2-1-3-7-22)32(50)42-24(18-23-10-13-25(47)14-11-23)12-15-30(48)40-20-28(41-21-46)35(53)45-17-5-9-29(45)33(51)43-26/h1-3,6-7,10-15,21,24,26-29,31,47,49H,4-5,8-9,16-20H2,(H,40,48)(H,41,46)(H,42,50)(H,43,51)(H,44,52)(H4,37,38,39)/b15-12+/t24?,26?,27?,28-,29?,31?/m0/s1. The normalized spacial score (nSPS) is 25.2. The fraction of sp³-hybridized carbons (Fsp3) is 0.417. The van der Waals surface area contributed by atoms with Gasteiger partial charge in [0.15, 0.2) is 12.1 Å². The Hall–Kier alpha value is -5.97. The molecule has 0 aliphatic carbocycles. The van der Waals surface area contributed by atoms with Crippen molar-refractivity contribution in [2.75, 3.05) is 19.6 Å². The van der Waals surface area contributed by atoms with E-state index in [0.29, 0.717) is 24.0 Å². The van der Waals surface area contributed by atoms with Crippen molar-refractivity contribution in [2.24, 2.45) is 16.5 Å². The lowest BCUT2D eigenvalue weighted by Gasteiger charge is -2.31. The van der Waals surface area contributed by atoms with Crippen LogP contribution in [0.15, 0.2) is 71.7 Å². The molecule has 2 aromatic rings. The highest BCUT2D eigenvalue weighted by molar-refractivity contribution is 5.94. The summed E-state index contributed by atoms with van der Waals surface area (Å²) in [4.78, 5) is 84.7. The van der Waals surface area contributed by atoms with E-state index in [0.717, 1.165) is 0 Å². The van der Waals surface area contributed by atoms with Gasteiger partial charge in [-0.2, -0.15) is 0 Å². The molecule has 6 amide bonds. The zero-order valence-corrected chi connectivity index (χ0v) is 29.1. The van der Waals surface area contributed by atoms with Crippen molar-refractivity contribution < 1.29 is 39.0 Å². The number of rotatable bonds is 10. The molecule has 53 heavy (non-hydrogen) atoms. The van der Waals surface area contributed by atoms with E-state index in [2.05, 4.69) is 31.6 Å². The molecule has 11 N–H and O–H groups in total. The van der Waals surface area contributed by atoms with Crippen molar-refractivity contribution >= 4 is 41.9 Å². The van der Waals surface area contributed by atoms with Gasteiger partial charge in [0.1, 0.15) is 23.9 Å². The topological polar surface area (TPSA) is 271 Å². The van der Waals surface area contributed by atoms with Crippen LogP contribution in [0.3, 0.4) is 0 Å². The quantitative estimate of drug-likeness (QED) is 0.0552. The number of aliphatic imine (C=N–C) groups is 1. The highest BCUT2D eigenvalue weighted by atomic mass is 16.3. The van der Waals surface area contributed by atoms with E-state index in [-0.39, 0.29) is 63.4 Å². The van der Waals surface area contributed by atoms with Crippen LogP contribution in [0.5, 0.6) is 5.75 Å². The first-order valence-corrected chi connectivity index (χ1v) is 17.4. The number of benzene rings is 2. The first-order valence-electron chi connectivity index (χ1n) is 17.4. The number of phenolic OH excluding ortho intramolecular Hbond substituents is 1. The summed E-state index contributed by atoms with van der Waals surface area (Å²) in [7, 11) is 0. The van der Waals surface area contributed by atoms with Crippen LogP contribution in [-0.4, -0.2) is 113 Å². The summed E-state index contributed by atoms with van der Waals surface area (Å²) in [5.41, 5.74) is 12.3. The Kier molecular flexibility index (Phi) is 14.7. The van der Waals surface area contributed by atoms with Gasteiger partial charge in [0.2, 0.25) is 30.0 Å². The number of aliphatic hydroxyl groups is 1. The Balaban J connectivity index is 1.71. The molecule has 17 nitrogen and oxygen atoms in total. The van der Waals surface area contributed by atoms with E-state index in [9.17, 15) is 39.0 Å². The van der Waals surface area contributed by atoms with Crippen molar-refractivity contribution in [1.82, 2.24) is 31.5 Å². The van der Waals surface area contributed by atoms with Crippen molar-refractivity contribution in [1.29, 1.82) is 0 Å². The average molecular weight is 734 g/mol. The number of hydrogen-bond donors (Lipinski definition) is 9. The highest BCUT2D eigenvalue weighted by Crippen LogP contribution is 2.20. The first-order chi connectivity index (χ1) is 25.4. The van der Waals surface area contributed by atoms with Gasteiger partial charge in [-0.15, -0.1) is 0 Å². The number of nitrogens with zero attached hydrogens (tertiary/aromatic N) is 2. The van der Waals surface area contributed by atoms with Gasteiger partial charge in [-0.25, -0.2) is 0 Å². The van der Waals surface area contributed by atoms with Crippen LogP contribution < -0.4 is 38.1 Å². The Bertz CT molecular complexity index is 1650. The van der Waals surface area contributed by atoms with Crippen molar-refractivity contribution in [3.63, 3.8) is 0 Å². The minimum absolute atomic E-state index is 0.0348. The summed E-state index contributed by atoms with van der Waals surface area (Å²) < 4.78 is 0. The molecule has 2 aliphatic heterocycles. The number of hydrogen-bond acceptors (Lipinski definition) is 9. The number of aromatic hydroxyl groups is 1. The minimum Gasteiger partial charge on any atom is -0.508 e. The molecule has 1 saturated heterocycles. The lowest BCUT2D eigenvalue weighted by molar-refractivity contribution is -0.142. The van der Waals surface area contributed by atoms with Gasteiger partial charge in [-0.05, 0) is 55.4 Å². The maximum Gasteiger partial charge on any atom is 0.251 e. The largest absolute Gasteiger partial charge is 0.508 e. The van der Waals surface area contributed by atoms with Crippen molar-refractivity contribution in [3.8, 4) is 5.75 Å². The summed E-state index contributed by atoms with van der Waals surface area (Å²) in [5.74, 6) is -3.56. The van der Waals surface area contributed by atoms with E-state index in [1.165, 1.54) is 29.2 Å². The molecule has 0 aromatic heterocycles. The Morgan fingerprint density at radius 1 is 0.925 bits per heavy atom. The van der Waals surface area contributed by atoms with Crippen molar-refractivity contribution in [3.05, 3.63) is 77.9 Å². The third-order valence-corrected chi connectivity index (χ3v) is 8.95. The second-order valence-electron chi connectivity index (χ2n) is 12.9. The predicted octanol–water partition coefficient (Wildman–Crippen LogP) is -2.16. The zero-order valence-electron chi connectivity index (χ0n) is 29.1. The Labute approximate surface area is 306 Å². The van der Waals surface area contributed by atoms with Gasteiger partial charge in [0.05, 0.1) is 12.1 Å². The summed E-state index contributed by atoms with van der Waals surface area (Å²) in [5, 5.41) is 34.4. The molecular weight excluding hydrogens is 686 g/mol. The molecule has 284 valence electrons.